The predicted octanol–water partition coefficient (Wildman–Crippen LogP) is 3.47. The van der Waals surface area contributed by atoms with E-state index in [4.69, 9.17) is 0 Å². The van der Waals surface area contributed by atoms with E-state index in [-0.39, 0.29) is 17.0 Å². The molecule has 1 saturated carbocycles. The average Bonchev–Trinajstić information content (AvgIpc) is 3.28. The molecular weight excluding hydrogens is 383 g/mol. The Bertz CT molecular complexity index is 1090. The molecule has 1 aromatic carbocycles. The molecule has 0 bridgehead atoms. The first-order valence-electron chi connectivity index (χ1n) is 9.40. The fraction of sp³-hybridized carbons (Fsp3) is 0.350. The summed E-state index contributed by atoms with van der Waals surface area (Å²) in [5, 5.41) is 0.918. The first-order chi connectivity index (χ1) is 13.9. The van der Waals surface area contributed by atoms with Gasteiger partial charge in [-0.2, -0.15) is 13.2 Å². The molecule has 9 heteroatoms. The lowest BCUT2D eigenvalue weighted by molar-refractivity contribution is -0.137. The minimum Gasteiger partial charge on any atom is -0.352 e. The number of nitrogens with one attached hydrogen (secondary N) is 1. The van der Waals surface area contributed by atoms with Crippen LogP contribution >= 0.6 is 0 Å². The maximum Gasteiger partial charge on any atom is 0.416 e. The Kier molecular flexibility index (Phi) is 3.84. The topological polar surface area (TPSA) is 65.1 Å². The molecule has 1 aliphatic carbocycles. The maximum atomic E-state index is 13.1. The van der Waals surface area contributed by atoms with E-state index >= 15 is 0 Å². The number of aromatic nitrogens is 3. The van der Waals surface area contributed by atoms with Gasteiger partial charge in [-0.05, 0) is 37.1 Å². The highest BCUT2D eigenvalue weighted by Crippen LogP contribution is 2.46. The minimum atomic E-state index is -4.47. The number of fused-ring (bicyclic) bond motifs is 1. The highest BCUT2D eigenvalue weighted by atomic mass is 19.4. The number of benzene rings is 1. The fourth-order valence-corrected chi connectivity index (χ4v) is 4.14. The van der Waals surface area contributed by atoms with Crippen LogP contribution in [0.4, 0.5) is 19.0 Å². The third-order valence-corrected chi connectivity index (χ3v) is 5.79. The van der Waals surface area contributed by atoms with Gasteiger partial charge in [0.15, 0.2) is 0 Å². The van der Waals surface area contributed by atoms with Crippen molar-refractivity contribution in [1.82, 2.24) is 19.9 Å². The zero-order valence-electron chi connectivity index (χ0n) is 15.4. The van der Waals surface area contributed by atoms with Crippen molar-refractivity contribution in [2.45, 2.75) is 24.6 Å². The van der Waals surface area contributed by atoms with Gasteiger partial charge in [0.2, 0.25) is 0 Å². The number of halogens is 3. The molecule has 1 aliphatic heterocycles. The lowest BCUT2D eigenvalue weighted by Gasteiger charge is -2.43. The van der Waals surface area contributed by atoms with E-state index in [1.54, 1.807) is 4.90 Å². The van der Waals surface area contributed by atoms with Gasteiger partial charge in [-0.15, -0.1) is 0 Å². The maximum absolute atomic E-state index is 13.1. The first-order valence-corrected chi connectivity index (χ1v) is 9.40. The summed E-state index contributed by atoms with van der Waals surface area (Å²) in [6.45, 7) is 1.60. The number of carbonyl (C=O) groups is 1. The Morgan fingerprint density at radius 2 is 1.97 bits per heavy atom. The summed E-state index contributed by atoms with van der Waals surface area (Å²) in [6.07, 6.45) is 0.503. The molecule has 0 atom stereocenters. The van der Waals surface area contributed by atoms with Crippen molar-refractivity contribution in [2.24, 2.45) is 0 Å². The zero-order chi connectivity index (χ0) is 20.2. The van der Waals surface area contributed by atoms with Crippen molar-refractivity contribution >= 4 is 22.8 Å². The second-order valence-corrected chi connectivity index (χ2v) is 7.62. The lowest BCUT2D eigenvalue weighted by Crippen LogP contribution is -2.57. The van der Waals surface area contributed by atoms with Crippen LogP contribution in [0.15, 0.2) is 42.9 Å². The lowest BCUT2D eigenvalue weighted by atomic mass is 10.0. The van der Waals surface area contributed by atoms with Crippen molar-refractivity contribution in [1.29, 1.82) is 0 Å². The number of nitrogens with zero attached hydrogens (tertiary/aromatic N) is 4. The summed E-state index contributed by atoms with van der Waals surface area (Å²) in [5.74, 6) is 0.469. The van der Waals surface area contributed by atoms with E-state index < -0.39 is 11.7 Å². The molecule has 5 rings (SSSR count). The third kappa shape index (κ3) is 3.01. The molecule has 2 aliphatic rings. The van der Waals surface area contributed by atoms with Crippen LogP contribution in [-0.4, -0.2) is 50.9 Å². The number of alkyl halides is 3. The van der Waals surface area contributed by atoms with Gasteiger partial charge in [-0.1, -0.05) is 6.07 Å². The van der Waals surface area contributed by atoms with E-state index in [0.717, 1.165) is 41.8 Å². The fourth-order valence-electron chi connectivity index (χ4n) is 4.14. The van der Waals surface area contributed by atoms with Crippen LogP contribution in [0.1, 0.15) is 28.8 Å². The summed E-state index contributed by atoms with van der Waals surface area (Å²) >= 11 is 0. The number of rotatable bonds is 2. The second-order valence-electron chi connectivity index (χ2n) is 7.62. The summed E-state index contributed by atoms with van der Waals surface area (Å²) in [7, 11) is 0. The van der Waals surface area contributed by atoms with E-state index in [1.165, 1.54) is 18.5 Å². The van der Waals surface area contributed by atoms with Gasteiger partial charge in [-0.3, -0.25) is 4.79 Å². The number of hydrogen-bond acceptors (Lipinski definition) is 4. The standard InChI is InChI=1S/C20H18F3N5O/c21-20(22,23)14-3-1-2-13(10-14)18(29)28-9-8-27(11-19(28)5-6-19)17-15-4-7-24-16(15)25-12-26-17/h1-4,7,10,12H,5-6,8-9,11H2,(H,24,25,26). The minimum absolute atomic E-state index is 0.0783. The van der Waals surface area contributed by atoms with Crippen LogP contribution in [0.3, 0.4) is 0 Å². The van der Waals surface area contributed by atoms with Crippen molar-refractivity contribution in [3.05, 3.63) is 54.0 Å². The summed E-state index contributed by atoms with van der Waals surface area (Å²) in [4.78, 5) is 28.6. The Labute approximate surface area is 164 Å². The quantitative estimate of drug-likeness (QED) is 0.714. The monoisotopic (exact) mass is 401 g/mol. The van der Waals surface area contributed by atoms with Crippen LogP contribution in [0.5, 0.6) is 0 Å². The number of carbonyl (C=O) groups excluding carboxylic acids is 1. The number of aromatic amines is 1. The Hall–Kier alpha value is -3.10. The van der Waals surface area contributed by atoms with Gasteiger partial charge in [0.1, 0.15) is 17.8 Å². The molecule has 1 N–H and O–H groups in total. The van der Waals surface area contributed by atoms with Crippen LogP contribution in [-0.2, 0) is 6.18 Å². The summed E-state index contributed by atoms with van der Waals surface area (Å²) in [6, 6.07) is 6.59. The van der Waals surface area contributed by atoms with Gasteiger partial charge in [0.05, 0.1) is 16.5 Å². The summed E-state index contributed by atoms with van der Waals surface area (Å²) < 4.78 is 39.1. The predicted molar refractivity (Wildman–Crippen MR) is 101 cm³/mol. The molecule has 1 amide bonds. The van der Waals surface area contributed by atoms with Crippen molar-refractivity contribution in [3.8, 4) is 0 Å². The summed E-state index contributed by atoms with van der Waals surface area (Å²) in [5.41, 5.74) is -0.323. The van der Waals surface area contributed by atoms with E-state index in [0.29, 0.717) is 19.6 Å². The molecule has 3 aromatic rings. The molecule has 0 radical (unpaired) electrons. The molecule has 6 nitrogen and oxygen atoms in total. The average molecular weight is 401 g/mol. The van der Waals surface area contributed by atoms with Crippen LogP contribution in [0.2, 0.25) is 0 Å². The van der Waals surface area contributed by atoms with Crippen molar-refractivity contribution < 1.29 is 18.0 Å². The Balaban J connectivity index is 1.41. The van der Waals surface area contributed by atoms with Gasteiger partial charge >= 0.3 is 6.18 Å². The van der Waals surface area contributed by atoms with Crippen molar-refractivity contribution in [3.63, 3.8) is 0 Å². The van der Waals surface area contributed by atoms with Gasteiger partial charge in [-0.25, -0.2) is 9.97 Å². The zero-order valence-corrected chi connectivity index (χ0v) is 15.4. The molecule has 3 heterocycles. The SMILES string of the molecule is O=C(c1cccc(C(F)(F)F)c1)N1CCN(c2ncnc3[nH]ccc23)CC12CC2. The molecular formula is C20H18F3N5O. The molecule has 29 heavy (non-hydrogen) atoms. The number of piperazine rings is 1. The van der Waals surface area contributed by atoms with Gasteiger partial charge in [0.25, 0.3) is 5.91 Å². The molecule has 2 aromatic heterocycles. The molecule has 1 saturated heterocycles. The Morgan fingerprint density at radius 1 is 1.14 bits per heavy atom. The van der Waals surface area contributed by atoms with Crippen LogP contribution in [0, 0.1) is 0 Å². The number of amides is 1. The number of H-pyrrole nitrogens is 1. The van der Waals surface area contributed by atoms with E-state index in [2.05, 4.69) is 19.9 Å². The smallest absolute Gasteiger partial charge is 0.352 e. The first kappa shape index (κ1) is 18.0. The third-order valence-electron chi connectivity index (χ3n) is 5.79. The Morgan fingerprint density at radius 3 is 2.72 bits per heavy atom. The highest BCUT2D eigenvalue weighted by Gasteiger charge is 2.53. The van der Waals surface area contributed by atoms with Crippen LogP contribution < -0.4 is 4.90 Å². The molecule has 0 unspecified atom stereocenters. The number of anilines is 1. The van der Waals surface area contributed by atoms with E-state index in [1.807, 2.05) is 12.3 Å². The van der Waals surface area contributed by atoms with Gasteiger partial charge in [0, 0.05) is 31.4 Å². The largest absolute Gasteiger partial charge is 0.416 e. The van der Waals surface area contributed by atoms with Crippen LogP contribution in [0.25, 0.3) is 11.0 Å². The molecule has 150 valence electrons. The number of hydrogen-bond donors (Lipinski definition) is 1. The highest BCUT2D eigenvalue weighted by molar-refractivity contribution is 5.95. The molecule has 2 fully saturated rings. The van der Waals surface area contributed by atoms with Gasteiger partial charge < -0.3 is 14.8 Å². The second kappa shape index (κ2) is 6.20. The van der Waals surface area contributed by atoms with Crippen molar-refractivity contribution in [2.75, 3.05) is 24.5 Å². The normalized spacial score (nSPS) is 18.4. The van der Waals surface area contributed by atoms with E-state index in [9.17, 15) is 18.0 Å². The molecule has 1 spiro atoms.